The number of hydrogen-bond acceptors (Lipinski definition) is 6. The number of aliphatic carboxylic acids is 1. The Balaban J connectivity index is 5.76. The Labute approximate surface area is 214 Å². The smallest absolute Gasteiger partial charge is 0.326 e. The van der Waals surface area contributed by atoms with E-state index in [9.17, 15) is 24.3 Å². The lowest BCUT2D eigenvalue weighted by Crippen LogP contribution is -2.59. The summed E-state index contributed by atoms with van der Waals surface area (Å²) in [7, 11) is 0. The average Bonchev–Trinajstić information content (AvgIpc) is 2.84. The molecule has 0 aliphatic rings. The molecule has 36 heavy (non-hydrogen) atoms. The predicted octanol–water partition coefficient (Wildman–Crippen LogP) is 0.0446. The van der Waals surface area contributed by atoms with Crippen molar-refractivity contribution >= 4 is 29.7 Å². The lowest BCUT2D eigenvalue weighted by Gasteiger charge is -2.29. The number of carboxylic acid groups (broad SMARTS) is 1. The number of carbonyl (C=O) groups is 4. The van der Waals surface area contributed by atoms with E-state index in [4.69, 9.17) is 17.2 Å². The van der Waals surface area contributed by atoms with Crippen LogP contribution < -0.4 is 33.2 Å². The van der Waals surface area contributed by atoms with Crippen molar-refractivity contribution in [3.05, 3.63) is 0 Å². The van der Waals surface area contributed by atoms with Crippen molar-refractivity contribution < 1.29 is 24.3 Å². The first kappa shape index (κ1) is 33.1. The van der Waals surface area contributed by atoms with Crippen LogP contribution in [0.5, 0.6) is 0 Å². The molecule has 0 saturated carbocycles. The van der Waals surface area contributed by atoms with Crippen molar-refractivity contribution in [3.8, 4) is 0 Å². The van der Waals surface area contributed by atoms with Gasteiger partial charge in [-0.25, -0.2) is 4.79 Å². The van der Waals surface area contributed by atoms with E-state index in [1.807, 2.05) is 34.6 Å². The third kappa shape index (κ3) is 11.2. The Hall–Kier alpha value is -2.89. The molecule has 0 bridgehead atoms. The summed E-state index contributed by atoms with van der Waals surface area (Å²) in [5, 5.41) is 17.5. The topological polar surface area (TPSA) is 215 Å². The van der Waals surface area contributed by atoms with Crippen molar-refractivity contribution in [1.82, 2.24) is 16.0 Å². The minimum absolute atomic E-state index is 0.0757. The number of amides is 3. The molecule has 12 heteroatoms. The molecule has 0 aromatic carbocycles. The maximum absolute atomic E-state index is 13.3. The third-order valence-electron chi connectivity index (χ3n) is 6.71. The molecule has 208 valence electrons. The van der Waals surface area contributed by atoms with E-state index in [2.05, 4.69) is 20.9 Å². The summed E-state index contributed by atoms with van der Waals surface area (Å²) in [6, 6.07) is -3.86. The molecule has 12 nitrogen and oxygen atoms in total. The van der Waals surface area contributed by atoms with Crippen molar-refractivity contribution in [3.63, 3.8) is 0 Å². The van der Waals surface area contributed by atoms with Crippen molar-refractivity contribution in [2.75, 3.05) is 6.54 Å². The van der Waals surface area contributed by atoms with Gasteiger partial charge in [0.1, 0.15) is 18.1 Å². The predicted molar refractivity (Wildman–Crippen MR) is 140 cm³/mol. The lowest BCUT2D eigenvalue weighted by atomic mass is 9.95. The Morgan fingerprint density at radius 2 is 1.28 bits per heavy atom. The number of nitrogens with one attached hydrogen (secondary N) is 3. The largest absolute Gasteiger partial charge is 0.480 e. The van der Waals surface area contributed by atoms with Crippen molar-refractivity contribution in [1.29, 1.82) is 0 Å². The van der Waals surface area contributed by atoms with Crippen LogP contribution >= 0.6 is 0 Å². The van der Waals surface area contributed by atoms with Gasteiger partial charge in [-0.1, -0.05) is 60.8 Å². The number of aliphatic imine (C=N–C) groups is 1. The first-order chi connectivity index (χ1) is 16.8. The van der Waals surface area contributed by atoms with E-state index in [0.717, 1.165) is 0 Å². The Morgan fingerprint density at radius 3 is 1.75 bits per heavy atom. The molecule has 0 saturated heterocycles. The zero-order chi connectivity index (χ0) is 28.0. The van der Waals surface area contributed by atoms with E-state index < -0.39 is 47.9 Å². The van der Waals surface area contributed by atoms with Gasteiger partial charge >= 0.3 is 5.97 Å². The average molecular weight is 514 g/mol. The minimum atomic E-state index is -1.16. The summed E-state index contributed by atoms with van der Waals surface area (Å²) in [6.07, 6.45) is 2.35. The van der Waals surface area contributed by atoms with Gasteiger partial charge in [-0.3, -0.25) is 19.4 Å². The number of guanidine groups is 1. The van der Waals surface area contributed by atoms with Gasteiger partial charge in [0.05, 0.1) is 6.04 Å². The first-order valence-electron chi connectivity index (χ1n) is 12.7. The van der Waals surface area contributed by atoms with Gasteiger partial charge in [-0.2, -0.15) is 0 Å². The van der Waals surface area contributed by atoms with Crippen LogP contribution in [0.2, 0.25) is 0 Å². The molecular weight excluding hydrogens is 466 g/mol. The maximum Gasteiger partial charge on any atom is 0.326 e. The van der Waals surface area contributed by atoms with Gasteiger partial charge in [0.2, 0.25) is 17.7 Å². The monoisotopic (exact) mass is 513 g/mol. The first-order valence-corrected chi connectivity index (χ1v) is 12.7. The number of carbonyl (C=O) groups excluding carboxylic acids is 3. The maximum atomic E-state index is 13.3. The summed E-state index contributed by atoms with van der Waals surface area (Å²) in [6.45, 7) is 11.3. The molecule has 10 N–H and O–H groups in total. The summed E-state index contributed by atoms with van der Waals surface area (Å²) in [5.74, 6) is -3.52. The molecule has 0 aliphatic heterocycles. The fourth-order valence-corrected chi connectivity index (χ4v) is 3.43. The van der Waals surface area contributed by atoms with Crippen LogP contribution in [-0.2, 0) is 19.2 Å². The summed E-state index contributed by atoms with van der Waals surface area (Å²) >= 11 is 0. The fraction of sp³-hybridized carbons (Fsp3) is 0.792. The summed E-state index contributed by atoms with van der Waals surface area (Å²) in [4.78, 5) is 54.7. The second kappa shape index (κ2) is 16.7. The summed E-state index contributed by atoms with van der Waals surface area (Å²) < 4.78 is 0. The van der Waals surface area contributed by atoms with Crippen LogP contribution in [0.3, 0.4) is 0 Å². The van der Waals surface area contributed by atoms with Crippen molar-refractivity contribution in [2.24, 2.45) is 39.9 Å². The zero-order valence-electron chi connectivity index (χ0n) is 22.5. The van der Waals surface area contributed by atoms with Crippen LogP contribution in [0.25, 0.3) is 0 Å². The number of hydrogen-bond donors (Lipinski definition) is 7. The quantitative estimate of drug-likeness (QED) is 0.0798. The zero-order valence-corrected chi connectivity index (χ0v) is 22.5. The highest BCUT2D eigenvalue weighted by Crippen LogP contribution is 2.13. The van der Waals surface area contributed by atoms with E-state index in [-0.39, 0.29) is 36.7 Å². The van der Waals surface area contributed by atoms with Gasteiger partial charge < -0.3 is 38.3 Å². The minimum Gasteiger partial charge on any atom is -0.480 e. The normalized spacial score (nSPS) is 16.9. The van der Waals surface area contributed by atoms with E-state index >= 15 is 0 Å². The van der Waals surface area contributed by atoms with E-state index in [1.54, 1.807) is 6.92 Å². The number of nitrogens with two attached hydrogens (primary N) is 3. The molecular formula is C24H47N7O5. The molecule has 0 aliphatic carbocycles. The molecule has 0 rings (SSSR count). The molecule has 7 atom stereocenters. The van der Waals surface area contributed by atoms with E-state index in [1.165, 1.54) is 0 Å². The SMILES string of the molecule is CCC(C)C(N)C(=O)NC(C(=O)NC(CCCN=C(N)N)C(=O)NC(C(=O)O)C(C)CC)C(C)CC. The molecule has 7 unspecified atom stereocenters. The molecule has 0 aromatic rings. The Morgan fingerprint density at radius 1 is 0.778 bits per heavy atom. The number of rotatable bonds is 17. The van der Waals surface area contributed by atoms with Crippen LogP contribution in [0.1, 0.15) is 73.6 Å². The summed E-state index contributed by atoms with van der Waals surface area (Å²) in [5.41, 5.74) is 16.7. The molecule has 0 radical (unpaired) electrons. The van der Waals surface area contributed by atoms with Gasteiger partial charge in [0.25, 0.3) is 0 Å². The highest BCUT2D eigenvalue weighted by atomic mass is 16.4. The number of carboxylic acids is 1. The van der Waals surface area contributed by atoms with Crippen molar-refractivity contribution in [2.45, 2.75) is 97.8 Å². The van der Waals surface area contributed by atoms with Gasteiger partial charge in [-0.15, -0.1) is 0 Å². The molecule has 0 aromatic heterocycles. The van der Waals surface area contributed by atoms with Crippen LogP contribution in [0.15, 0.2) is 4.99 Å². The fourth-order valence-electron chi connectivity index (χ4n) is 3.43. The highest BCUT2D eigenvalue weighted by Gasteiger charge is 2.33. The standard InChI is InChI=1S/C24H47N7O5/c1-7-13(4)17(25)21(33)30-18(14(5)8-2)22(34)29-16(11-10-12-28-24(26)27)20(32)31-19(23(35)36)15(6)9-3/h13-19H,7-12,25H2,1-6H3,(H,29,34)(H,30,33)(H,31,32)(H,35,36)(H4,26,27,28). The second-order valence-corrected chi connectivity index (χ2v) is 9.50. The Bertz CT molecular complexity index is 757. The third-order valence-corrected chi connectivity index (χ3v) is 6.71. The van der Waals surface area contributed by atoms with Crippen LogP contribution in [0, 0.1) is 17.8 Å². The van der Waals surface area contributed by atoms with Crippen LogP contribution in [0.4, 0.5) is 0 Å². The molecule has 3 amide bonds. The molecule has 0 heterocycles. The van der Waals surface area contributed by atoms with Crippen LogP contribution in [-0.4, -0.2) is 65.5 Å². The molecule has 0 spiro atoms. The van der Waals surface area contributed by atoms with Gasteiger partial charge in [-0.05, 0) is 30.6 Å². The number of nitrogens with zero attached hydrogens (tertiary/aromatic N) is 1. The lowest BCUT2D eigenvalue weighted by molar-refractivity contribution is -0.144. The Kier molecular flexibility index (Phi) is 15.4. The second-order valence-electron chi connectivity index (χ2n) is 9.50. The highest BCUT2D eigenvalue weighted by molar-refractivity contribution is 5.94. The van der Waals surface area contributed by atoms with Gasteiger partial charge in [0.15, 0.2) is 5.96 Å². The van der Waals surface area contributed by atoms with Gasteiger partial charge in [0, 0.05) is 6.54 Å². The van der Waals surface area contributed by atoms with E-state index in [0.29, 0.717) is 25.7 Å². The molecule has 0 fully saturated rings.